The van der Waals surface area contributed by atoms with Crippen molar-refractivity contribution >= 4 is 0 Å². The predicted octanol–water partition coefficient (Wildman–Crippen LogP) is 3.13. The second-order valence-corrected chi connectivity index (χ2v) is 6.38. The monoisotopic (exact) mass is 219 g/mol. The Morgan fingerprint density at radius 1 is 1.06 bits per heavy atom. The highest BCUT2D eigenvalue weighted by atomic mass is 16.5. The Labute approximate surface area is 98.0 Å². The van der Waals surface area contributed by atoms with Gasteiger partial charge in [0.1, 0.15) is 6.61 Å². The van der Waals surface area contributed by atoms with Crippen LogP contribution in [0.1, 0.15) is 44.9 Å². The largest absolute Gasteiger partial charge is 0.367 e. The highest BCUT2D eigenvalue weighted by molar-refractivity contribution is 5.01. The molecule has 16 heavy (non-hydrogen) atoms. The van der Waals surface area contributed by atoms with Gasteiger partial charge in [0.2, 0.25) is 0 Å². The maximum atomic E-state index is 8.45. The highest BCUT2D eigenvalue weighted by Gasteiger charge is 2.50. The van der Waals surface area contributed by atoms with E-state index < -0.39 is 0 Å². The molecule has 4 aliphatic carbocycles. The summed E-state index contributed by atoms with van der Waals surface area (Å²) in [4.78, 5) is 0. The lowest BCUT2D eigenvalue weighted by Crippen LogP contribution is -2.46. The molecule has 0 atom stereocenters. The molecule has 4 saturated carbocycles. The highest BCUT2D eigenvalue weighted by Crippen LogP contribution is 2.61. The first-order valence-electron chi connectivity index (χ1n) is 6.74. The van der Waals surface area contributed by atoms with Gasteiger partial charge in [-0.1, -0.05) is 0 Å². The minimum absolute atomic E-state index is 0.270. The van der Waals surface area contributed by atoms with Gasteiger partial charge < -0.3 is 4.74 Å². The Balaban J connectivity index is 1.59. The van der Waals surface area contributed by atoms with Gasteiger partial charge in [-0.15, -0.1) is 0 Å². The van der Waals surface area contributed by atoms with Crippen LogP contribution >= 0.6 is 0 Å². The van der Waals surface area contributed by atoms with Crippen molar-refractivity contribution in [3.05, 3.63) is 0 Å². The maximum Gasteiger partial charge on any atom is 0.133 e. The number of hydrogen-bond donors (Lipinski definition) is 0. The molecule has 88 valence electrons. The van der Waals surface area contributed by atoms with Crippen molar-refractivity contribution in [1.29, 1.82) is 5.26 Å². The molecule has 0 saturated heterocycles. The molecule has 0 N–H and O–H groups in total. The molecule has 0 aromatic carbocycles. The zero-order valence-electron chi connectivity index (χ0n) is 9.95. The molecule has 0 heterocycles. The lowest BCUT2D eigenvalue weighted by Gasteiger charge is -2.57. The molecule has 0 unspecified atom stereocenters. The van der Waals surface area contributed by atoms with Crippen molar-refractivity contribution in [1.82, 2.24) is 0 Å². The van der Waals surface area contributed by atoms with Crippen LogP contribution in [0.2, 0.25) is 0 Å². The summed E-state index contributed by atoms with van der Waals surface area (Å²) in [6, 6.07) is 2.05. The molecule has 4 rings (SSSR count). The predicted molar refractivity (Wildman–Crippen MR) is 61.7 cm³/mol. The van der Waals surface area contributed by atoms with Gasteiger partial charge in [-0.05, 0) is 68.1 Å². The minimum atomic E-state index is 0.270. The summed E-state index contributed by atoms with van der Waals surface area (Å²) in [7, 11) is 0. The van der Waals surface area contributed by atoms with Crippen LogP contribution < -0.4 is 0 Å². The molecule has 0 aromatic heterocycles. The number of nitrogens with zero attached hydrogens (tertiary/aromatic N) is 1. The Hall–Kier alpha value is -0.550. The van der Waals surface area contributed by atoms with Crippen LogP contribution in [-0.2, 0) is 4.74 Å². The van der Waals surface area contributed by atoms with E-state index in [1.54, 1.807) is 0 Å². The number of ether oxygens (including phenoxy) is 1. The second-order valence-electron chi connectivity index (χ2n) is 6.38. The van der Waals surface area contributed by atoms with Gasteiger partial charge in [0, 0.05) is 6.61 Å². The fraction of sp³-hybridized carbons (Fsp3) is 0.929. The third kappa shape index (κ3) is 1.86. The molecule has 0 radical (unpaired) electrons. The van der Waals surface area contributed by atoms with Gasteiger partial charge >= 0.3 is 0 Å². The van der Waals surface area contributed by atoms with E-state index in [0.29, 0.717) is 5.41 Å². The average Bonchev–Trinajstić information content (AvgIpc) is 2.22. The SMILES string of the molecule is N#CCOCCC12CC3CC(CC(C3)C1)C2. The number of nitriles is 1. The van der Waals surface area contributed by atoms with Gasteiger partial charge in [-0.2, -0.15) is 5.26 Å². The third-order valence-electron chi connectivity index (χ3n) is 5.11. The van der Waals surface area contributed by atoms with E-state index in [1.165, 1.54) is 44.9 Å². The first-order valence-corrected chi connectivity index (χ1v) is 6.74. The van der Waals surface area contributed by atoms with E-state index >= 15 is 0 Å². The topological polar surface area (TPSA) is 33.0 Å². The lowest BCUT2D eigenvalue weighted by molar-refractivity contribution is -0.0674. The summed E-state index contributed by atoms with van der Waals surface area (Å²) >= 11 is 0. The van der Waals surface area contributed by atoms with Crippen molar-refractivity contribution in [3.63, 3.8) is 0 Å². The van der Waals surface area contributed by atoms with Crippen LogP contribution in [0.5, 0.6) is 0 Å². The lowest BCUT2D eigenvalue weighted by atomic mass is 9.49. The van der Waals surface area contributed by atoms with Crippen molar-refractivity contribution in [2.45, 2.75) is 44.9 Å². The first-order chi connectivity index (χ1) is 7.80. The number of hydrogen-bond acceptors (Lipinski definition) is 2. The molecular weight excluding hydrogens is 198 g/mol. The fourth-order valence-electron chi connectivity index (χ4n) is 5.00. The zero-order chi connectivity index (χ0) is 11.0. The Morgan fingerprint density at radius 3 is 2.12 bits per heavy atom. The van der Waals surface area contributed by atoms with Gasteiger partial charge in [0.05, 0.1) is 6.07 Å². The Kier molecular flexibility index (Phi) is 2.67. The smallest absolute Gasteiger partial charge is 0.133 e. The second kappa shape index (κ2) is 4.04. The van der Waals surface area contributed by atoms with Gasteiger partial charge in [0.15, 0.2) is 0 Å². The molecule has 4 fully saturated rings. The summed E-state index contributed by atoms with van der Waals surface area (Å²) in [5, 5.41) is 8.45. The molecule has 2 heteroatoms. The summed E-state index contributed by atoms with van der Waals surface area (Å²) in [5.41, 5.74) is 0.615. The van der Waals surface area contributed by atoms with Crippen molar-refractivity contribution in [2.75, 3.05) is 13.2 Å². The van der Waals surface area contributed by atoms with E-state index in [2.05, 4.69) is 6.07 Å². The summed E-state index contributed by atoms with van der Waals surface area (Å²) in [6.07, 6.45) is 10.1. The molecule has 4 aliphatic rings. The van der Waals surface area contributed by atoms with Gasteiger partial charge in [-0.25, -0.2) is 0 Å². The average molecular weight is 219 g/mol. The molecule has 2 nitrogen and oxygen atoms in total. The van der Waals surface area contributed by atoms with E-state index in [4.69, 9.17) is 10.00 Å². The van der Waals surface area contributed by atoms with Crippen LogP contribution in [0.25, 0.3) is 0 Å². The molecule has 0 amide bonds. The van der Waals surface area contributed by atoms with Crippen molar-refractivity contribution < 1.29 is 4.74 Å². The Morgan fingerprint density at radius 2 is 1.62 bits per heavy atom. The number of rotatable bonds is 4. The molecule has 0 aromatic rings. The van der Waals surface area contributed by atoms with E-state index in [1.807, 2.05) is 0 Å². The quantitative estimate of drug-likeness (QED) is 0.680. The molecule has 0 aliphatic heterocycles. The van der Waals surface area contributed by atoms with Crippen LogP contribution in [0.3, 0.4) is 0 Å². The van der Waals surface area contributed by atoms with Gasteiger partial charge in [0.25, 0.3) is 0 Å². The maximum absolute atomic E-state index is 8.45. The fourth-order valence-corrected chi connectivity index (χ4v) is 5.00. The molecule has 0 spiro atoms. The van der Waals surface area contributed by atoms with Crippen LogP contribution in [-0.4, -0.2) is 13.2 Å². The zero-order valence-corrected chi connectivity index (χ0v) is 9.95. The van der Waals surface area contributed by atoms with E-state index in [9.17, 15) is 0 Å². The summed E-state index contributed by atoms with van der Waals surface area (Å²) in [5.74, 6) is 3.09. The summed E-state index contributed by atoms with van der Waals surface area (Å²) < 4.78 is 5.36. The van der Waals surface area contributed by atoms with Gasteiger partial charge in [-0.3, -0.25) is 0 Å². The van der Waals surface area contributed by atoms with Crippen molar-refractivity contribution in [2.24, 2.45) is 23.2 Å². The van der Waals surface area contributed by atoms with Crippen LogP contribution in [0.15, 0.2) is 0 Å². The minimum Gasteiger partial charge on any atom is -0.367 e. The van der Waals surface area contributed by atoms with E-state index in [-0.39, 0.29) is 6.61 Å². The third-order valence-corrected chi connectivity index (χ3v) is 5.11. The first kappa shape index (κ1) is 10.6. The van der Waals surface area contributed by atoms with E-state index in [0.717, 1.165) is 24.4 Å². The van der Waals surface area contributed by atoms with Crippen molar-refractivity contribution in [3.8, 4) is 6.07 Å². The van der Waals surface area contributed by atoms with Crippen LogP contribution in [0, 0.1) is 34.5 Å². The molecular formula is C14H21NO. The normalized spacial score (nSPS) is 44.6. The standard InChI is InChI=1S/C14H21NO/c15-2-4-16-3-1-14-8-11-5-12(9-14)7-13(6-11)10-14/h11-13H,1,3-10H2. The Bertz CT molecular complexity index is 269. The van der Waals surface area contributed by atoms with Crippen LogP contribution in [0.4, 0.5) is 0 Å². The molecule has 4 bridgehead atoms. The summed E-state index contributed by atoms with van der Waals surface area (Å²) in [6.45, 7) is 1.08.